The number of carbonyl (C=O) groups excluding carboxylic acids is 1. The van der Waals surface area contributed by atoms with Gasteiger partial charge in [-0.3, -0.25) is 4.79 Å². The molecular formula is C25H27NO4S. The molecule has 1 aliphatic rings. The number of aryl methyl sites for hydroxylation is 1. The lowest BCUT2D eigenvalue weighted by atomic mass is 9.90. The van der Waals surface area contributed by atoms with Gasteiger partial charge in [-0.1, -0.05) is 18.2 Å². The highest BCUT2D eigenvalue weighted by atomic mass is 32.1. The number of carbonyl (C=O) groups is 1. The number of hydrogen-bond donors (Lipinski definition) is 0. The Hall–Kier alpha value is -2.99. The van der Waals surface area contributed by atoms with E-state index in [4.69, 9.17) is 14.2 Å². The number of thiophene rings is 1. The van der Waals surface area contributed by atoms with E-state index in [1.807, 2.05) is 47.4 Å². The Bertz CT molecular complexity index is 1030. The first-order valence-electron chi connectivity index (χ1n) is 10.3. The largest absolute Gasteiger partial charge is 0.497 e. The fraction of sp³-hybridized carbons (Fsp3) is 0.320. The molecule has 4 rings (SSSR count). The molecule has 162 valence electrons. The maximum absolute atomic E-state index is 13.3. The first-order valence-corrected chi connectivity index (χ1v) is 11.2. The zero-order valence-corrected chi connectivity index (χ0v) is 18.9. The summed E-state index contributed by atoms with van der Waals surface area (Å²) in [5, 5.41) is 2.06. The molecule has 0 saturated carbocycles. The van der Waals surface area contributed by atoms with Crippen molar-refractivity contribution in [3.63, 3.8) is 0 Å². The fourth-order valence-electron chi connectivity index (χ4n) is 4.16. The Kier molecular flexibility index (Phi) is 6.47. The van der Waals surface area contributed by atoms with Gasteiger partial charge in [0, 0.05) is 17.8 Å². The predicted octanol–water partition coefficient (Wildman–Crippen LogP) is 4.88. The molecule has 0 fully saturated rings. The van der Waals surface area contributed by atoms with Crippen LogP contribution in [0.3, 0.4) is 0 Å². The number of hydrogen-bond acceptors (Lipinski definition) is 5. The number of rotatable bonds is 7. The van der Waals surface area contributed by atoms with Gasteiger partial charge < -0.3 is 19.1 Å². The molecule has 0 bridgehead atoms. The van der Waals surface area contributed by atoms with Crippen LogP contribution < -0.4 is 14.2 Å². The predicted molar refractivity (Wildman–Crippen MR) is 122 cm³/mol. The minimum Gasteiger partial charge on any atom is -0.497 e. The topological polar surface area (TPSA) is 48.0 Å². The van der Waals surface area contributed by atoms with Crippen LogP contribution in [0.2, 0.25) is 0 Å². The second-order valence-corrected chi connectivity index (χ2v) is 8.49. The van der Waals surface area contributed by atoms with E-state index in [-0.39, 0.29) is 11.9 Å². The van der Waals surface area contributed by atoms with Gasteiger partial charge in [-0.05, 0) is 65.2 Å². The van der Waals surface area contributed by atoms with Crippen LogP contribution >= 0.6 is 11.3 Å². The highest BCUT2D eigenvalue weighted by Crippen LogP contribution is 2.42. The summed E-state index contributed by atoms with van der Waals surface area (Å²) in [5.74, 6) is 2.40. The van der Waals surface area contributed by atoms with Crippen LogP contribution in [0.1, 0.15) is 34.0 Å². The molecule has 0 radical (unpaired) electrons. The van der Waals surface area contributed by atoms with Crippen molar-refractivity contribution in [1.82, 2.24) is 4.90 Å². The van der Waals surface area contributed by atoms with Crippen molar-refractivity contribution in [2.24, 2.45) is 0 Å². The summed E-state index contributed by atoms with van der Waals surface area (Å²) in [5.41, 5.74) is 3.45. The molecule has 1 aromatic heterocycles. The molecule has 0 saturated heterocycles. The van der Waals surface area contributed by atoms with Gasteiger partial charge in [0.05, 0.1) is 27.4 Å². The monoisotopic (exact) mass is 437 g/mol. The number of nitrogens with zero attached hydrogens (tertiary/aromatic N) is 1. The van der Waals surface area contributed by atoms with Crippen LogP contribution in [-0.4, -0.2) is 38.7 Å². The Morgan fingerprint density at radius 2 is 1.77 bits per heavy atom. The Morgan fingerprint density at radius 3 is 2.42 bits per heavy atom. The number of methoxy groups -OCH3 is 3. The quantitative estimate of drug-likeness (QED) is 0.529. The van der Waals surface area contributed by atoms with Gasteiger partial charge in [-0.2, -0.15) is 0 Å². The van der Waals surface area contributed by atoms with E-state index in [0.29, 0.717) is 25.1 Å². The van der Waals surface area contributed by atoms with Crippen molar-refractivity contribution < 1.29 is 19.0 Å². The molecule has 0 spiro atoms. The van der Waals surface area contributed by atoms with Crippen molar-refractivity contribution in [2.75, 3.05) is 27.9 Å². The molecule has 1 aliphatic heterocycles. The normalized spacial score (nSPS) is 15.3. The van der Waals surface area contributed by atoms with Gasteiger partial charge in [0.2, 0.25) is 5.91 Å². The Balaban J connectivity index is 1.60. The van der Waals surface area contributed by atoms with Gasteiger partial charge in [0.25, 0.3) is 0 Å². The van der Waals surface area contributed by atoms with E-state index >= 15 is 0 Å². The third-order valence-electron chi connectivity index (χ3n) is 5.79. The van der Waals surface area contributed by atoms with E-state index in [2.05, 4.69) is 11.4 Å². The minimum absolute atomic E-state index is 0.105. The van der Waals surface area contributed by atoms with Crippen LogP contribution in [0.4, 0.5) is 0 Å². The molecule has 2 heterocycles. The fourth-order valence-corrected chi connectivity index (χ4v) is 5.01. The molecular weight excluding hydrogens is 410 g/mol. The summed E-state index contributed by atoms with van der Waals surface area (Å²) in [6.45, 7) is 0.687. The summed E-state index contributed by atoms with van der Waals surface area (Å²) in [6.07, 6.45) is 1.97. The lowest BCUT2D eigenvalue weighted by molar-refractivity contribution is -0.133. The average Bonchev–Trinajstić information content (AvgIpc) is 3.35. The van der Waals surface area contributed by atoms with Gasteiger partial charge in [-0.15, -0.1) is 11.3 Å². The molecule has 1 amide bonds. The molecule has 0 N–H and O–H groups in total. The number of ether oxygens (including phenoxy) is 3. The maximum Gasteiger partial charge on any atom is 0.223 e. The second-order valence-electron chi connectivity index (χ2n) is 7.51. The lowest BCUT2D eigenvalue weighted by Crippen LogP contribution is -2.40. The van der Waals surface area contributed by atoms with E-state index in [0.717, 1.165) is 33.9 Å². The summed E-state index contributed by atoms with van der Waals surface area (Å²) in [7, 11) is 4.95. The van der Waals surface area contributed by atoms with Crippen molar-refractivity contribution in [3.8, 4) is 17.2 Å². The molecule has 0 unspecified atom stereocenters. The van der Waals surface area contributed by atoms with Gasteiger partial charge in [0.1, 0.15) is 5.75 Å². The van der Waals surface area contributed by atoms with Gasteiger partial charge in [-0.25, -0.2) is 0 Å². The zero-order valence-electron chi connectivity index (χ0n) is 18.1. The van der Waals surface area contributed by atoms with E-state index in [1.165, 1.54) is 5.56 Å². The number of amides is 1. The van der Waals surface area contributed by atoms with Crippen molar-refractivity contribution >= 4 is 17.2 Å². The summed E-state index contributed by atoms with van der Waals surface area (Å²) >= 11 is 1.68. The molecule has 6 heteroatoms. The smallest absolute Gasteiger partial charge is 0.223 e. The van der Waals surface area contributed by atoms with Crippen LogP contribution in [0, 0.1) is 0 Å². The van der Waals surface area contributed by atoms with Crippen LogP contribution in [0.5, 0.6) is 17.2 Å². The van der Waals surface area contributed by atoms with Gasteiger partial charge >= 0.3 is 0 Å². The van der Waals surface area contributed by atoms with Crippen LogP contribution in [0.25, 0.3) is 0 Å². The van der Waals surface area contributed by atoms with E-state index in [1.54, 1.807) is 32.7 Å². The minimum atomic E-state index is -0.105. The van der Waals surface area contributed by atoms with E-state index < -0.39 is 0 Å². The maximum atomic E-state index is 13.3. The molecule has 3 aromatic rings. The highest BCUT2D eigenvalue weighted by molar-refractivity contribution is 7.10. The number of benzene rings is 2. The molecule has 0 aliphatic carbocycles. The SMILES string of the molecule is COc1ccc(CCC(=O)N2CCc3cc(OC)c(OC)cc3[C@@H]2c2cccs2)cc1. The molecule has 5 nitrogen and oxygen atoms in total. The zero-order chi connectivity index (χ0) is 21.8. The van der Waals surface area contributed by atoms with Gasteiger partial charge in [0.15, 0.2) is 11.5 Å². The summed E-state index contributed by atoms with van der Waals surface area (Å²) < 4.78 is 16.3. The average molecular weight is 438 g/mol. The molecule has 31 heavy (non-hydrogen) atoms. The standard InChI is InChI=1S/C25H27NO4S/c1-28-19-9-6-17(7-10-19)8-11-24(27)26-13-12-18-15-21(29-2)22(30-3)16-20(18)25(26)23-5-4-14-31-23/h4-7,9-10,14-16,25H,8,11-13H2,1-3H3/t25-/m1/s1. The molecule has 2 aromatic carbocycles. The first kappa shape index (κ1) is 21.2. The third-order valence-corrected chi connectivity index (χ3v) is 6.72. The van der Waals surface area contributed by atoms with Crippen molar-refractivity contribution in [2.45, 2.75) is 25.3 Å². The summed E-state index contributed by atoms with van der Waals surface area (Å²) in [6, 6.07) is 16.0. The Morgan fingerprint density at radius 1 is 1.03 bits per heavy atom. The van der Waals surface area contributed by atoms with E-state index in [9.17, 15) is 4.79 Å². The van der Waals surface area contributed by atoms with Crippen LogP contribution in [0.15, 0.2) is 53.9 Å². The highest BCUT2D eigenvalue weighted by Gasteiger charge is 2.33. The van der Waals surface area contributed by atoms with Crippen molar-refractivity contribution in [1.29, 1.82) is 0 Å². The first-order chi connectivity index (χ1) is 15.1. The Labute approximate surface area is 187 Å². The van der Waals surface area contributed by atoms with Crippen molar-refractivity contribution in [3.05, 3.63) is 75.5 Å². The number of fused-ring (bicyclic) bond motifs is 1. The summed E-state index contributed by atoms with van der Waals surface area (Å²) in [4.78, 5) is 16.5. The third kappa shape index (κ3) is 4.39. The van der Waals surface area contributed by atoms with Crippen LogP contribution in [-0.2, 0) is 17.6 Å². The lowest BCUT2D eigenvalue weighted by Gasteiger charge is -2.37. The second kappa shape index (κ2) is 9.43. The molecule has 1 atom stereocenters.